The van der Waals surface area contributed by atoms with Gasteiger partial charge < -0.3 is 9.67 Å². The molecule has 0 aliphatic heterocycles. The Labute approximate surface area is 83.4 Å². The van der Waals surface area contributed by atoms with Crippen LogP contribution >= 0.6 is 0 Å². The zero-order chi connectivity index (χ0) is 9.97. The van der Waals surface area contributed by atoms with Crippen LogP contribution < -0.4 is 0 Å². The summed E-state index contributed by atoms with van der Waals surface area (Å²) in [5, 5.41) is 9.17. The standard InChI is InChI=1S/C12H13NO/c1-10-7-8-12(9-14)13(10)11-5-3-2-4-6-11/h2-8,14H,9H2,1H3. The quantitative estimate of drug-likeness (QED) is 0.766. The molecule has 2 aromatic rings. The Morgan fingerprint density at radius 3 is 2.43 bits per heavy atom. The monoisotopic (exact) mass is 187 g/mol. The lowest BCUT2D eigenvalue weighted by Gasteiger charge is -2.09. The molecule has 0 aliphatic carbocycles. The van der Waals surface area contributed by atoms with Crippen LogP contribution in [0.25, 0.3) is 5.69 Å². The highest BCUT2D eigenvalue weighted by Crippen LogP contribution is 2.16. The molecule has 0 saturated carbocycles. The van der Waals surface area contributed by atoms with E-state index in [1.807, 2.05) is 49.4 Å². The van der Waals surface area contributed by atoms with Crippen molar-refractivity contribution in [3.05, 3.63) is 53.9 Å². The van der Waals surface area contributed by atoms with Crippen molar-refractivity contribution in [3.8, 4) is 5.69 Å². The molecule has 0 amide bonds. The summed E-state index contributed by atoms with van der Waals surface area (Å²) in [7, 11) is 0. The van der Waals surface area contributed by atoms with E-state index in [9.17, 15) is 5.11 Å². The largest absolute Gasteiger partial charge is 0.390 e. The van der Waals surface area contributed by atoms with Gasteiger partial charge in [-0.15, -0.1) is 0 Å². The third-order valence-corrected chi connectivity index (χ3v) is 2.33. The van der Waals surface area contributed by atoms with Crippen LogP contribution in [0.2, 0.25) is 0 Å². The van der Waals surface area contributed by atoms with Crippen molar-refractivity contribution in [3.63, 3.8) is 0 Å². The highest BCUT2D eigenvalue weighted by Gasteiger charge is 2.04. The van der Waals surface area contributed by atoms with Crippen LogP contribution in [0.15, 0.2) is 42.5 Å². The Bertz CT molecular complexity index is 417. The molecule has 1 N–H and O–H groups in total. The third kappa shape index (κ3) is 1.44. The van der Waals surface area contributed by atoms with Crippen molar-refractivity contribution in [2.75, 3.05) is 0 Å². The van der Waals surface area contributed by atoms with Gasteiger partial charge in [-0.05, 0) is 31.2 Å². The number of nitrogens with zero attached hydrogens (tertiary/aromatic N) is 1. The fourth-order valence-electron chi connectivity index (χ4n) is 1.66. The summed E-state index contributed by atoms with van der Waals surface area (Å²) in [6.07, 6.45) is 0. The summed E-state index contributed by atoms with van der Waals surface area (Å²) in [4.78, 5) is 0. The van der Waals surface area contributed by atoms with Crippen LogP contribution in [-0.4, -0.2) is 9.67 Å². The molecule has 0 bridgehead atoms. The van der Waals surface area contributed by atoms with Crippen LogP contribution in [0.3, 0.4) is 0 Å². The van der Waals surface area contributed by atoms with Gasteiger partial charge in [0.2, 0.25) is 0 Å². The van der Waals surface area contributed by atoms with Crippen LogP contribution in [0.1, 0.15) is 11.4 Å². The fourth-order valence-corrected chi connectivity index (χ4v) is 1.66. The second-order valence-corrected chi connectivity index (χ2v) is 3.30. The minimum absolute atomic E-state index is 0.0722. The normalized spacial score (nSPS) is 10.4. The van der Waals surface area contributed by atoms with Gasteiger partial charge in [0.25, 0.3) is 0 Å². The lowest BCUT2D eigenvalue weighted by atomic mass is 10.3. The fraction of sp³-hybridized carbons (Fsp3) is 0.167. The van der Waals surface area contributed by atoms with E-state index >= 15 is 0 Å². The van der Waals surface area contributed by atoms with E-state index in [4.69, 9.17) is 0 Å². The first-order valence-electron chi connectivity index (χ1n) is 4.66. The smallest absolute Gasteiger partial charge is 0.0836 e. The number of para-hydroxylation sites is 1. The van der Waals surface area contributed by atoms with Crippen LogP contribution in [0, 0.1) is 6.92 Å². The van der Waals surface area contributed by atoms with E-state index in [0.717, 1.165) is 17.1 Å². The number of aliphatic hydroxyl groups excluding tert-OH is 1. The molecule has 0 radical (unpaired) electrons. The number of benzene rings is 1. The third-order valence-electron chi connectivity index (χ3n) is 2.33. The van der Waals surface area contributed by atoms with Gasteiger partial charge in [0.1, 0.15) is 0 Å². The first kappa shape index (κ1) is 9.03. The average molecular weight is 187 g/mol. The van der Waals surface area contributed by atoms with Crippen LogP contribution in [-0.2, 0) is 6.61 Å². The molecule has 0 atom stereocenters. The molecular weight excluding hydrogens is 174 g/mol. The Hall–Kier alpha value is -1.54. The summed E-state index contributed by atoms with van der Waals surface area (Å²) in [6.45, 7) is 2.11. The van der Waals surface area contributed by atoms with Gasteiger partial charge in [-0.1, -0.05) is 18.2 Å². The molecule has 2 heteroatoms. The number of rotatable bonds is 2. The molecule has 0 unspecified atom stereocenters. The first-order valence-corrected chi connectivity index (χ1v) is 4.66. The SMILES string of the molecule is Cc1ccc(CO)n1-c1ccccc1. The average Bonchev–Trinajstić information content (AvgIpc) is 2.61. The van der Waals surface area contributed by atoms with E-state index < -0.39 is 0 Å². The van der Waals surface area contributed by atoms with Crippen molar-refractivity contribution < 1.29 is 5.11 Å². The van der Waals surface area contributed by atoms with E-state index in [1.165, 1.54) is 0 Å². The predicted octanol–water partition coefficient (Wildman–Crippen LogP) is 2.28. The Kier molecular flexibility index (Phi) is 2.37. The van der Waals surface area contributed by atoms with Gasteiger partial charge in [0.15, 0.2) is 0 Å². The van der Waals surface area contributed by atoms with Crippen molar-refractivity contribution in [1.82, 2.24) is 4.57 Å². The molecule has 1 aromatic heterocycles. The van der Waals surface area contributed by atoms with Crippen LogP contribution in [0.4, 0.5) is 0 Å². The lowest BCUT2D eigenvalue weighted by Crippen LogP contribution is -2.01. The molecule has 2 rings (SSSR count). The molecule has 0 fully saturated rings. The molecule has 0 spiro atoms. The van der Waals surface area contributed by atoms with Gasteiger partial charge >= 0.3 is 0 Å². The maximum Gasteiger partial charge on any atom is 0.0836 e. The number of aliphatic hydroxyl groups is 1. The predicted molar refractivity (Wildman–Crippen MR) is 56.4 cm³/mol. The summed E-state index contributed by atoms with van der Waals surface area (Å²) >= 11 is 0. The Balaban J connectivity index is 2.55. The molecule has 72 valence electrons. The highest BCUT2D eigenvalue weighted by atomic mass is 16.3. The molecule has 0 saturated heterocycles. The molecule has 14 heavy (non-hydrogen) atoms. The summed E-state index contributed by atoms with van der Waals surface area (Å²) in [6, 6.07) is 14.0. The number of hydrogen-bond donors (Lipinski definition) is 1. The number of aromatic nitrogens is 1. The molecule has 2 nitrogen and oxygen atoms in total. The van der Waals surface area contributed by atoms with Gasteiger partial charge in [0.05, 0.1) is 6.61 Å². The zero-order valence-corrected chi connectivity index (χ0v) is 8.14. The van der Waals surface area contributed by atoms with Gasteiger partial charge in [0, 0.05) is 17.1 Å². The van der Waals surface area contributed by atoms with Crippen LogP contribution in [0.5, 0.6) is 0 Å². The zero-order valence-electron chi connectivity index (χ0n) is 8.14. The first-order chi connectivity index (χ1) is 6.83. The van der Waals surface area contributed by atoms with E-state index in [1.54, 1.807) is 0 Å². The van der Waals surface area contributed by atoms with E-state index in [-0.39, 0.29) is 6.61 Å². The second-order valence-electron chi connectivity index (χ2n) is 3.30. The van der Waals surface area contributed by atoms with Crippen molar-refractivity contribution >= 4 is 0 Å². The molecule has 1 aromatic carbocycles. The summed E-state index contributed by atoms with van der Waals surface area (Å²) < 4.78 is 2.06. The Morgan fingerprint density at radius 1 is 1.07 bits per heavy atom. The minimum atomic E-state index is 0.0722. The topological polar surface area (TPSA) is 25.2 Å². The highest BCUT2D eigenvalue weighted by molar-refractivity contribution is 5.37. The van der Waals surface area contributed by atoms with E-state index in [2.05, 4.69) is 4.57 Å². The summed E-state index contributed by atoms with van der Waals surface area (Å²) in [5.41, 5.74) is 3.16. The lowest BCUT2D eigenvalue weighted by molar-refractivity contribution is 0.274. The maximum absolute atomic E-state index is 9.17. The summed E-state index contributed by atoms with van der Waals surface area (Å²) in [5.74, 6) is 0. The second kappa shape index (κ2) is 3.68. The van der Waals surface area contributed by atoms with Crippen molar-refractivity contribution in [1.29, 1.82) is 0 Å². The molecular formula is C12H13NO. The van der Waals surface area contributed by atoms with Crippen molar-refractivity contribution in [2.45, 2.75) is 13.5 Å². The Morgan fingerprint density at radius 2 is 1.79 bits per heavy atom. The maximum atomic E-state index is 9.17. The number of hydrogen-bond acceptors (Lipinski definition) is 1. The molecule has 0 aliphatic rings. The van der Waals surface area contributed by atoms with Gasteiger partial charge in [-0.25, -0.2) is 0 Å². The van der Waals surface area contributed by atoms with Gasteiger partial charge in [-0.2, -0.15) is 0 Å². The number of aryl methyl sites for hydroxylation is 1. The minimum Gasteiger partial charge on any atom is -0.390 e. The van der Waals surface area contributed by atoms with Crippen molar-refractivity contribution in [2.24, 2.45) is 0 Å². The van der Waals surface area contributed by atoms with Gasteiger partial charge in [-0.3, -0.25) is 0 Å². The van der Waals surface area contributed by atoms with E-state index in [0.29, 0.717) is 0 Å². The molecule has 1 heterocycles.